The fourth-order valence-corrected chi connectivity index (χ4v) is 2.75. The van der Waals surface area contributed by atoms with E-state index >= 15 is 0 Å². The Kier molecular flexibility index (Phi) is 5.67. The minimum atomic E-state index is 0.370. The third kappa shape index (κ3) is 4.00. The smallest absolute Gasteiger partial charge is 0.0422 e. The second kappa shape index (κ2) is 6.53. The summed E-state index contributed by atoms with van der Waals surface area (Å²) in [6.45, 7) is 7.41. The average molecular weight is 258 g/mol. The van der Waals surface area contributed by atoms with Crippen molar-refractivity contribution in [3.8, 4) is 0 Å². The normalized spacial score (nSPS) is 15.1. The molecule has 1 aromatic carbocycles. The van der Waals surface area contributed by atoms with E-state index in [1.54, 1.807) is 0 Å². The Morgan fingerprint density at radius 2 is 1.75 bits per heavy atom. The first-order valence-corrected chi connectivity index (χ1v) is 6.97. The van der Waals surface area contributed by atoms with E-state index in [0.717, 1.165) is 5.02 Å². The van der Waals surface area contributed by atoms with Crippen LogP contribution in [0.1, 0.15) is 31.6 Å². The molecule has 0 aliphatic carbocycles. The highest BCUT2D eigenvalue weighted by Gasteiger charge is 2.16. The summed E-state index contributed by atoms with van der Waals surface area (Å²) >= 11 is 7.82. The Hall–Kier alpha value is -0.180. The molecule has 0 bridgehead atoms. The number of hydrogen-bond acceptors (Lipinski definition) is 2. The predicted octanol–water partition coefficient (Wildman–Crippen LogP) is 4.12. The highest BCUT2D eigenvalue weighted by Crippen LogP contribution is 2.34. The van der Waals surface area contributed by atoms with Crippen LogP contribution in [0.4, 0.5) is 0 Å². The molecule has 0 amide bonds. The van der Waals surface area contributed by atoms with Gasteiger partial charge in [0.05, 0.1) is 0 Å². The highest BCUT2D eigenvalue weighted by molar-refractivity contribution is 8.00. The van der Waals surface area contributed by atoms with Gasteiger partial charge in [-0.05, 0) is 23.6 Å². The fraction of sp³-hybridized carbons (Fsp3) is 0.538. The maximum Gasteiger partial charge on any atom is 0.0422 e. The van der Waals surface area contributed by atoms with E-state index in [1.807, 2.05) is 23.9 Å². The van der Waals surface area contributed by atoms with E-state index in [4.69, 9.17) is 17.3 Å². The molecule has 0 aliphatic heterocycles. The Labute approximate surface area is 108 Å². The van der Waals surface area contributed by atoms with E-state index in [1.165, 1.54) is 5.56 Å². The summed E-state index contributed by atoms with van der Waals surface area (Å²) in [5, 5.41) is 1.76. The largest absolute Gasteiger partial charge is 0.329 e. The van der Waals surface area contributed by atoms with Gasteiger partial charge in [0.25, 0.3) is 0 Å². The van der Waals surface area contributed by atoms with Gasteiger partial charge in [0, 0.05) is 22.1 Å². The van der Waals surface area contributed by atoms with Crippen LogP contribution >= 0.6 is 23.4 Å². The van der Waals surface area contributed by atoms with E-state index in [0.29, 0.717) is 23.0 Å². The number of nitrogens with two attached hydrogens (primary N) is 1. The van der Waals surface area contributed by atoms with Crippen molar-refractivity contribution in [3.05, 3.63) is 34.9 Å². The van der Waals surface area contributed by atoms with Crippen LogP contribution in [0.15, 0.2) is 24.3 Å². The Morgan fingerprint density at radius 3 is 2.19 bits per heavy atom. The molecule has 2 atom stereocenters. The van der Waals surface area contributed by atoms with Crippen LogP contribution in [-0.4, -0.2) is 11.8 Å². The monoisotopic (exact) mass is 257 g/mol. The SMILES string of the molecule is CC(C)C(C)SC(CN)c1ccc(Cl)cc1. The molecule has 0 radical (unpaired) electrons. The topological polar surface area (TPSA) is 26.0 Å². The number of benzene rings is 1. The zero-order chi connectivity index (χ0) is 12.1. The van der Waals surface area contributed by atoms with Crippen LogP contribution in [0.2, 0.25) is 5.02 Å². The maximum atomic E-state index is 5.88. The summed E-state index contributed by atoms with van der Waals surface area (Å²) < 4.78 is 0. The van der Waals surface area contributed by atoms with Crippen LogP contribution in [0.5, 0.6) is 0 Å². The predicted molar refractivity (Wildman–Crippen MR) is 75.1 cm³/mol. The van der Waals surface area contributed by atoms with Crippen molar-refractivity contribution in [3.63, 3.8) is 0 Å². The van der Waals surface area contributed by atoms with Gasteiger partial charge in [0.15, 0.2) is 0 Å². The van der Waals surface area contributed by atoms with E-state index in [2.05, 4.69) is 32.9 Å². The lowest BCUT2D eigenvalue weighted by atomic mass is 10.1. The van der Waals surface area contributed by atoms with Gasteiger partial charge in [-0.25, -0.2) is 0 Å². The van der Waals surface area contributed by atoms with Crippen molar-refractivity contribution in [2.24, 2.45) is 11.7 Å². The number of thioether (sulfide) groups is 1. The summed E-state index contributed by atoms with van der Waals surface area (Å²) in [6.07, 6.45) is 0. The van der Waals surface area contributed by atoms with E-state index < -0.39 is 0 Å². The molecule has 90 valence electrons. The Balaban J connectivity index is 2.70. The van der Waals surface area contributed by atoms with Crippen LogP contribution in [-0.2, 0) is 0 Å². The van der Waals surface area contributed by atoms with Crippen LogP contribution in [0.3, 0.4) is 0 Å². The molecule has 1 nitrogen and oxygen atoms in total. The van der Waals surface area contributed by atoms with Gasteiger partial charge in [-0.15, -0.1) is 11.8 Å². The first-order chi connectivity index (χ1) is 7.54. The second-order valence-electron chi connectivity index (χ2n) is 4.36. The van der Waals surface area contributed by atoms with Crippen molar-refractivity contribution in [1.29, 1.82) is 0 Å². The zero-order valence-corrected chi connectivity index (χ0v) is 11.7. The maximum absolute atomic E-state index is 5.88. The summed E-state index contributed by atoms with van der Waals surface area (Å²) in [5.41, 5.74) is 7.11. The molecule has 0 saturated carbocycles. The molecule has 0 heterocycles. The molecule has 0 aliphatic rings. The summed E-state index contributed by atoms with van der Waals surface area (Å²) in [5.74, 6) is 0.673. The first kappa shape index (κ1) is 13.9. The third-order valence-corrected chi connectivity index (χ3v) is 4.79. The minimum Gasteiger partial charge on any atom is -0.329 e. The zero-order valence-electron chi connectivity index (χ0n) is 10.1. The molecule has 0 spiro atoms. The molecule has 1 aromatic rings. The quantitative estimate of drug-likeness (QED) is 0.859. The van der Waals surface area contributed by atoms with Gasteiger partial charge < -0.3 is 5.73 Å². The van der Waals surface area contributed by atoms with Crippen molar-refractivity contribution in [2.45, 2.75) is 31.3 Å². The molecule has 3 heteroatoms. The molecule has 0 fully saturated rings. The molecular weight excluding hydrogens is 238 g/mol. The van der Waals surface area contributed by atoms with Gasteiger partial charge in [0.2, 0.25) is 0 Å². The Bertz CT molecular complexity index is 310. The van der Waals surface area contributed by atoms with Crippen molar-refractivity contribution >= 4 is 23.4 Å². The van der Waals surface area contributed by atoms with E-state index in [-0.39, 0.29) is 0 Å². The number of rotatable bonds is 5. The minimum absolute atomic E-state index is 0.370. The van der Waals surface area contributed by atoms with Gasteiger partial charge >= 0.3 is 0 Å². The fourth-order valence-electron chi connectivity index (χ4n) is 1.36. The lowest BCUT2D eigenvalue weighted by Gasteiger charge is -2.22. The molecule has 1 rings (SSSR count). The van der Waals surface area contributed by atoms with Crippen molar-refractivity contribution in [2.75, 3.05) is 6.54 Å². The first-order valence-electron chi connectivity index (χ1n) is 5.65. The van der Waals surface area contributed by atoms with Gasteiger partial charge in [-0.2, -0.15) is 0 Å². The van der Waals surface area contributed by atoms with Gasteiger partial charge in [-0.1, -0.05) is 44.5 Å². The lowest BCUT2D eigenvalue weighted by molar-refractivity contribution is 0.639. The molecule has 2 N–H and O–H groups in total. The standard InChI is InChI=1S/C13H20ClNS/c1-9(2)10(3)16-13(8-15)11-4-6-12(14)7-5-11/h4-7,9-10,13H,8,15H2,1-3H3. The van der Waals surface area contributed by atoms with Gasteiger partial charge in [-0.3, -0.25) is 0 Å². The van der Waals surface area contributed by atoms with Crippen molar-refractivity contribution in [1.82, 2.24) is 0 Å². The second-order valence-corrected chi connectivity index (χ2v) is 6.38. The molecule has 2 unspecified atom stereocenters. The molecule has 0 saturated heterocycles. The summed E-state index contributed by atoms with van der Waals surface area (Å²) in [4.78, 5) is 0. The molecular formula is C13H20ClNS. The molecule has 0 aromatic heterocycles. The van der Waals surface area contributed by atoms with Crippen LogP contribution in [0, 0.1) is 5.92 Å². The van der Waals surface area contributed by atoms with Crippen LogP contribution in [0.25, 0.3) is 0 Å². The van der Waals surface area contributed by atoms with Crippen molar-refractivity contribution < 1.29 is 0 Å². The highest BCUT2D eigenvalue weighted by atomic mass is 35.5. The molecule has 16 heavy (non-hydrogen) atoms. The van der Waals surface area contributed by atoms with Crippen LogP contribution < -0.4 is 5.73 Å². The third-order valence-electron chi connectivity index (χ3n) is 2.77. The lowest BCUT2D eigenvalue weighted by Crippen LogP contribution is -2.15. The number of hydrogen-bond donors (Lipinski definition) is 1. The summed E-state index contributed by atoms with van der Waals surface area (Å²) in [6, 6.07) is 8.00. The van der Waals surface area contributed by atoms with Gasteiger partial charge in [0.1, 0.15) is 0 Å². The van der Waals surface area contributed by atoms with E-state index in [9.17, 15) is 0 Å². The number of halogens is 1. The Morgan fingerprint density at radius 1 is 1.19 bits per heavy atom. The average Bonchev–Trinajstić information content (AvgIpc) is 2.26. The summed E-state index contributed by atoms with van der Waals surface area (Å²) in [7, 11) is 0.